The molecule has 0 radical (unpaired) electrons. The van der Waals surface area contributed by atoms with Crippen LogP contribution in [0.4, 0.5) is 0 Å². The quantitative estimate of drug-likeness (QED) is 0.760. The molecule has 2 fully saturated rings. The number of nitrogens with one attached hydrogen (secondary N) is 1. The van der Waals surface area contributed by atoms with E-state index in [4.69, 9.17) is 4.74 Å². The molecule has 0 aromatic heterocycles. The Morgan fingerprint density at radius 3 is 2.56 bits per heavy atom. The zero-order chi connectivity index (χ0) is 13.0. The van der Waals surface area contributed by atoms with Gasteiger partial charge in [-0.25, -0.2) is 0 Å². The largest absolute Gasteiger partial charge is 0.388 e. The van der Waals surface area contributed by atoms with Crippen molar-refractivity contribution in [1.82, 2.24) is 5.32 Å². The first-order valence-corrected chi connectivity index (χ1v) is 7.28. The summed E-state index contributed by atoms with van der Waals surface area (Å²) in [5.41, 5.74) is -0.651. The molecule has 0 aromatic carbocycles. The summed E-state index contributed by atoms with van der Waals surface area (Å²) >= 11 is 0. The van der Waals surface area contributed by atoms with Crippen molar-refractivity contribution in [3.8, 4) is 0 Å². The van der Waals surface area contributed by atoms with Crippen molar-refractivity contribution < 1.29 is 14.6 Å². The third kappa shape index (κ3) is 3.45. The summed E-state index contributed by atoms with van der Waals surface area (Å²) in [6, 6.07) is 0. The van der Waals surface area contributed by atoms with E-state index in [9.17, 15) is 9.90 Å². The van der Waals surface area contributed by atoms with Gasteiger partial charge in [-0.3, -0.25) is 4.79 Å². The molecule has 2 aliphatic rings. The van der Waals surface area contributed by atoms with Crippen LogP contribution >= 0.6 is 0 Å². The summed E-state index contributed by atoms with van der Waals surface area (Å²) < 4.78 is 5.85. The van der Waals surface area contributed by atoms with Crippen LogP contribution in [-0.4, -0.2) is 35.4 Å². The average molecular weight is 255 g/mol. The number of aliphatic hydroxyl groups is 1. The highest BCUT2D eigenvalue weighted by atomic mass is 16.5. The fourth-order valence-electron chi connectivity index (χ4n) is 2.73. The van der Waals surface area contributed by atoms with Gasteiger partial charge in [-0.15, -0.1) is 0 Å². The molecule has 0 spiro atoms. The Balaban J connectivity index is 1.73. The summed E-state index contributed by atoms with van der Waals surface area (Å²) in [4.78, 5) is 12.0. The first kappa shape index (κ1) is 13.8. The third-order valence-corrected chi connectivity index (χ3v) is 4.20. The topological polar surface area (TPSA) is 58.6 Å². The van der Waals surface area contributed by atoms with Crippen LogP contribution in [-0.2, 0) is 9.53 Å². The van der Waals surface area contributed by atoms with Crippen molar-refractivity contribution >= 4 is 5.91 Å². The Hall–Kier alpha value is -0.610. The van der Waals surface area contributed by atoms with Gasteiger partial charge >= 0.3 is 0 Å². The van der Waals surface area contributed by atoms with Crippen molar-refractivity contribution in [2.75, 3.05) is 6.54 Å². The number of rotatable bonds is 6. The van der Waals surface area contributed by atoms with Gasteiger partial charge in [-0.05, 0) is 38.5 Å². The Labute approximate surface area is 109 Å². The Morgan fingerprint density at radius 1 is 1.39 bits per heavy atom. The maximum absolute atomic E-state index is 12.0. The molecular weight excluding hydrogens is 230 g/mol. The van der Waals surface area contributed by atoms with E-state index in [0.717, 1.165) is 32.1 Å². The van der Waals surface area contributed by atoms with E-state index in [1.165, 1.54) is 12.8 Å². The van der Waals surface area contributed by atoms with Gasteiger partial charge in [0.1, 0.15) is 6.10 Å². The smallest absolute Gasteiger partial charge is 0.249 e. The van der Waals surface area contributed by atoms with Gasteiger partial charge in [0.2, 0.25) is 5.91 Å². The molecule has 2 N–H and O–H groups in total. The predicted octanol–water partition coefficient (Wildman–Crippen LogP) is 1.76. The third-order valence-electron chi connectivity index (χ3n) is 4.20. The molecule has 104 valence electrons. The summed E-state index contributed by atoms with van der Waals surface area (Å²) in [5.74, 6) is -0.0651. The normalized spacial score (nSPS) is 24.6. The summed E-state index contributed by atoms with van der Waals surface area (Å²) in [6.45, 7) is 2.34. The van der Waals surface area contributed by atoms with Crippen LogP contribution in [0.1, 0.15) is 58.3 Å². The summed E-state index contributed by atoms with van der Waals surface area (Å²) in [6.07, 6.45) is 7.83. The second-order valence-corrected chi connectivity index (χ2v) is 5.74. The van der Waals surface area contributed by atoms with Gasteiger partial charge in [-0.1, -0.05) is 19.8 Å². The highest BCUT2D eigenvalue weighted by Crippen LogP contribution is 2.30. The maximum Gasteiger partial charge on any atom is 0.249 e. The fourth-order valence-corrected chi connectivity index (χ4v) is 2.73. The lowest BCUT2D eigenvalue weighted by molar-refractivity contribution is -0.139. The molecule has 18 heavy (non-hydrogen) atoms. The number of ether oxygens (including phenoxy) is 1. The Bertz CT molecular complexity index is 283. The Kier molecular flexibility index (Phi) is 4.62. The number of hydrogen-bond acceptors (Lipinski definition) is 3. The molecule has 4 nitrogen and oxygen atoms in total. The average Bonchev–Trinajstić information content (AvgIpc) is 2.83. The monoisotopic (exact) mass is 255 g/mol. The van der Waals surface area contributed by atoms with Crippen LogP contribution in [0.3, 0.4) is 0 Å². The molecular formula is C14H25NO3. The molecule has 1 atom stereocenters. The van der Waals surface area contributed by atoms with Gasteiger partial charge in [0.15, 0.2) is 0 Å². The molecule has 2 saturated carbocycles. The van der Waals surface area contributed by atoms with Crippen molar-refractivity contribution in [3.05, 3.63) is 0 Å². The SMILES string of the molecule is CCC(OC1CCCC1)C(=O)NCC1(O)CCC1. The minimum Gasteiger partial charge on any atom is -0.388 e. The van der Waals surface area contributed by atoms with Crippen LogP contribution in [0.15, 0.2) is 0 Å². The van der Waals surface area contributed by atoms with E-state index >= 15 is 0 Å². The molecule has 0 aliphatic heterocycles. The molecule has 1 amide bonds. The summed E-state index contributed by atoms with van der Waals surface area (Å²) in [5, 5.41) is 12.8. The van der Waals surface area contributed by atoms with E-state index in [1.807, 2.05) is 6.92 Å². The lowest BCUT2D eigenvalue weighted by atomic mass is 9.80. The van der Waals surface area contributed by atoms with Crippen molar-refractivity contribution in [2.24, 2.45) is 0 Å². The number of hydrogen-bond donors (Lipinski definition) is 2. The number of carbonyl (C=O) groups excluding carboxylic acids is 1. The zero-order valence-electron chi connectivity index (χ0n) is 11.3. The lowest BCUT2D eigenvalue weighted by Gasteiger charge is -2.37. The fraction of sp³-hybridized carbons (Fsp3) is 0.929. The molecule has 0 saturated heterocycles. The molecule has 4 heteroatoms. The van der Waals surface area contributed by atoms with E-state index in [0.29, 0.717) is 13.0 Å². The van der Waals surface area contributed by atoms with Crippen LogP contribution in [0.5, 0.6) is 0 Å². The second kappa shape index (κ2) is 6.02. The number of carbonyl (C=O) groups is 1. The number of amides is 1. The van der Waals surface area contributed by atoms with Crippen molar-refractivity contribution in [3.63, 3.8) is 0 Å². The van der Waals surface area contributed by atoms with Gasteiger partial charge in [-0.2, -0.15) is 0 Å². The van der Waals surface area contributed by atoms with Gasteiger partial charge < -0.3 is 15.2 Å². The second-order valence-electron chi connectivity index (χ2n) is 5.74. The standard InChI is InChI=1S/C14H25NO3/c1-2-12(18-11-6-3-4-7-11)13(16)15-10-14(17)8-5-9-14/h11-12,17H,2-10H2,1H3,(H,15,16). The Morgan fingerprint density at radius 2 is 2.06 bits per heavy atom. The molecule has 1 unspecified atom stereocenters. The van der Waals surface area contributed by atoms with Crippen molar-refractivity contribution in [1.29, 1.82) is 0 Å². The first-order valence-electron chi connectivity index (χ1n) is 7.28. The highest BCUT2D eigenvalue weighted by molar-refractivity contribution is 5.80. The summed E-state index contributed by atoms with van der Waals surface area (Å²) in [7, 11) is 0. The molecule has 0 bridgehead atoms. The van der Waals surface area contributed by atoms with Gasteiger partial charge in [0.25, 0.3) is 0 Å². The maximum atomic E-state index is 12.0. The van der Waals surface area contributed by atoms with E-state index in [-0.39, 0.29) is 18.1 Å². The zero-order valence-corrected chi connectivity index (χ0v) is 11.3. The lowest BCUT2D eigenvalue weighted by Crippen LogP contribution is -2.50. The minimum absolute atomic E-state index is 0.0651. The van der Waals surface area contributed by atoms with Crippen LogP contribution < -0.4 is 5.32 Å². The molecule has 2 aliphatic carbocycles. The van der Waals surface area contributed by atoms with E-state index in [1.54, 1.807) is 0 Å². The van der Waals surface area contributed by atoms with Gasteiger partial charge in [0.05, 0.1) is 11.7 Å². The van der Waals surface area contributed by atoms with Gasteiger partial charge in [0, 0.05) is 6.54 Å². The first-order chi connectivity index (χ1) is 8.63. The molecule has 2 rings (SSSR count). The van der Waals surface area contributed by atoms with E-state index in [2.05, 4.69) is 5.32 Å². The minimum atomic E-state index is -0.651. The van der Waals surface area contributed by atoms with E-state index < -0.39 is 5.60 Å². The predicted molar refractivity (Wildman–Crippen MR) is 69.2 cm³/mol. The van der Waals surface area contributed by atoms with Crippen molar-refractivity contribution in [2.45, 2.75) is 76.1 Å². The highest BCUT2D eigenvalue weighted by Gasteiger charge is 2.35. The molecule has 0 heterocycles. The van der Waals surface area contributed by atoms with Crippen LogP contribution in [0, 0.1) is 0 Å². The molecule has 0 aromatic rings. The van der Waals surface area contributed by atoms with Crippen LogP contribution in [0.2, 0.25) is 0 Å². The van der Waals surface area contributed by atoms with Crippen LogP contribution in [0.25, 0.3) is 0 Å².